The third-order valence-electron chi connectivity index (χ3n) is 3.86. The Balaban J connectivity index is 1.72. The van der Waals surface area contributed by atoms with E-state index in [-0.39, 0.29) is 17.9 Å². The first kappa shape index (κ1) is 14.9. The molecule has 0 bridgehead atoms. The first-order valence-corrected chi connectivity index (χ1v) is 7.28. The van der Waals surface area contributed by atoms with E-state index in [4.69, 9.17) is 4.74 Å². The molecule has 0 aromatic heterocycles. The molecular formula is C16H24N2O2. The van der Waals surface area contributed by atoms with Crippen LogP contribution in [0.2, 0.25) is 0 Å². The van der Waals surface area contributed by atoms with Crippen LogP contribution in [0.15, 0.2) is 24.3 Å². The van der Waals surface area contributed by atoms with Crippen molar-refractivity contribution in [2.24, 2.45) is 11.8 Å². The number of benzene rings is 1. The summed E-state index contributed by atoms with van der Waals surface area (Å²) in [5.74, 6) is 1.51. The molecule has 4 heteroatoms. The Hall–Kier alpha value is -1.55. The molecule has 110 valence electrons. The molecule has 1 aromatic rings. The average Bonchev–Trinajstić information content (AvgIpc) is 2.36. The smallest absolute Gasteiger partial charge is 0.223 e. The first-order valence-electron chi connectivity index (χ1n) is 7.28. The van der Waals surface area contributed by atoms with E-state index >= 15 is 0 Å². The topological polar surface area (TPSA) is 50.4 Å². The van der Waals surface area contributed by atoms with Gasteiger partial charge in [0.2, 0.25) is 5.91 Å². The summed E-state index contributed by atoms with van der Waals surface area (Å²) < 4.78 is 5.77. The van der Waals surface area contributed by atoms with Gasteiger partial charge in [0.1, 0.15) is 11.9 Å². The molecule has 1 heterocycles. The Bertz CT molecular complexity index is 440. The van der Waals surface area contributed by atoms with Crippen molar-refractivity contribution >= 4 is 5.91 Å². The van der Waals surface area contributed by atoms with E-state index in [1.54, 1.807) is 0 Å². The van der Waals surface area contributed by atoms with Gasteiger partial charge in [0.05, 0.1) is 6.54 Å². The van der Waals surface area contributed by atoms with Gasteiger partial charge in [-0.2, -0.15) is 0 Å². The van der Waals surface area contributed by atoms with Crippen molar-refractivity contribution < 1.29 is 9.53 Å². The SMILES string of the molecule is Cc1ccc(OC(C)CNC(=O)C(C)C2CNC2)cc1. The first-order chi connectivity index (χ1) is 9.56. The van der Waals surface area contributed by atoms with E-state index < -0.39 is 0 Å². The molecule has 2 rings (SSSR count). The second kappa shape index (κ2) is 6.75. The summed E-state index contributed by atoms with van der Waals surface area (Å²) in [5, 5.41) is 6.17. The number of hydrogen-bond donors (Lipinski definition) is 2. The van der Waals surface area contributed by atoms with Crippen LogP contribution in [0, 0.1) is 18.8 Å². The van der Waals surface area contributed by atoms with Crippen LogP contribution in [0.4, 0.5) is 0 Å². The van der Waals surface area contributed by atoms with Gasteiger partial charge in [-0.05, 0) is 45.0 Å². The van der Waals surface area contributed by atoms with Crippen molar-refractivity contribution in [2.75, 3.05) is 19.6 Å². The predicted octanol–water partition coefficient (Wildman–Crippen LogP) is 1.73. The van der Waals surface area contributed by atoms with E-state index in [1.165, 1.54) is 5.56 Å². The number of carbonyl (C=O) groups is 1. The molecule has 1 aliphatic heterocycles. The van der Waals surface area contributed by atoms with Gasteiger partial charge < -0.3 is 15.4 Å². The van der Waals surface area contributed by atoms with Crippen molar-refractivity contribution in [3.05, 3.63) is 29.8 Å². The molecule has 4 nitrogen and oxygen atoms in total. The van der Waals surface area contributed by atoms with Crippen molar-refractivity contribution in [2.45, 2.75) is 26.9 Å². The second-order valence-electron chi connectivity index (χ2n) is 5.69. The molecular weight excluding hydrogens is 252 g/mol. The van der Waals surface area contributed by atoms with Crippen molar-refractivity contribution in [1.82, 2.24) is 10.6 Å². The maximum absolute atomic E-state index is 12.0. The maximum atomic E-state index is 12.0. The standard InChI is InChI=1S/C16H24N2O2/c1-11-4-6-15(7-5-11)20-12(2)8-18-16(19)13(3)14-9-17-10-14/h4-7,12-14,17H,8-10H2,1-3H3,(H,18,19). The Morgan fingerprint density at radius 3 is 2.55 bits per heavy atom. The molecule has 1 aliphatic rings. The van der Waals surface area contributed by atoms with Crippen LogP contribution in [0.3, 0.4) is 0 Å². The van der Waals surface area contributed by atoms with Crippen molar-refractivity contribution in [3.8, 4) is 5.75 Å². The molecule has 0 aliphatic carbocycles. The molecule has 0 saturated carbocycles. The van der Waals surface area contributed by atoms with Crippen LogP contribution in [0.25, 0.3) is 0 Å². The minimum atomic E-state index is -0.0339. The predicted molar refractivity (Wildman–Crippen MR) is 79.8 cm³/mol. The lowest BCUT2D eigenvalue weighted by Crippen LogP contribution is -2.50. The number of rotatable bonds is 6. The summed E-state index contributed by atoms with van der Waals surface area (Å²) in [7, 11) is 0. The van der Waals surface area contributed by atoms with E-state index in [1.807, 2.05) is 45.0 Å². The molecule has 1 amide bonds. The van der Waals surface area contributed by atoms with Crippen LogP contribution in [-0.2, 0) is 4.79 Å². The van der Waals surface area contributed by atoms with E-state index in [9.17, 15) is 4.79 Å². The number of amides is 1. The molecule has 20 heavy (non-hydrogen) atoms. The number of carbonyl (C=O) groups excluding carboxylic acids is 1. The second-order valence-corrected chi connectivity index (χ2v) is 5.69. The fraction of sp³-hybridized carbons (Fsp3) is 0.562. The molecule has 2 atom stereocenters. The van der Waals surface area contributed by atoms with Crippen molar-refractivity contribution in [3.63, 3.8) is 0 Å². The van der Waals surface area contributed by atoms with Crippen LogP contribution >= 0.6 is 0 Å². The quantitative estimate of drug-likeness (QED) is 0.832. The highest BCUT2D eigenvalue weighted by Gasteiger charge is 2.28. The molecule has 0 radical (unpaired) electrons. The summed E-state index contributed by atoms with van der Waals surface area (Å²) in [6.45, 7) is 8.44. The zero-order chi connectivity index (χ0) is 14.5. The lowest BCUT2D eigenvalue weighted by molar-refractivity contribution is -0.127. The maximum Gasteiger partial charge on any atom is 0.223 e. The van der Waals surface area contributed by atoms with Gasteiger partial charge in [0.15, 0.2) is 0 Å². The summed E-state index contributed by atoms with van der Waals surface area (Å²) >= 11 is 0. The third-order valence-corrected chi connectivity index (χ3v) is 3.86. The highest BCUT2D eigenvalue weighted by Crippen LogP contribution is 2.16. The highest BCUT2D eigenvalue weighted by atomic mass is 16.5. The lowest BCUT2D eigenvalue weighted by atomic mass is 9.88. The Morgan fingerprint density at radius 2 is 2.00 bits per heavy atom. The number of ether oxygens (including phenoxy) is 1. The van der Waals surface area contributed by atoms with Gasteiger partial charge in [-0.15, -0.1) is 0 Å². The fourth-order valence-corrected chi connectivity index (χ4v) is 2.17. The van der Waals surface area contributed by atoms with E-state index in [0.29, 0.717) is 12.5 Å². The summed E-state index contributed by atoms with van der Waals surface area (Å²) in [6.07, 6.45) is -0.0339. The van der Waals surface area contributed by atoms with Crippen LogP contribution in [-0.4, -0.2) is 31.6 Å². The Kier molecular flexibility index (Phi) is 5.01. The van der Waals surface area contributed by atoms with E-state index in [0.717, 1.165) is 18.8 Å². The van der Waals surface area contributed by atoms with Gasteiger partial charge in [0.25, 0.3) is 0 Å². The normalized spacial score (nSPS) is 17.9. The monoisotopic (exact) mass is 276 g/mol. The highest BCUT2D eigenvalue weighted by molar-refractivity contribution is 5.78. The fourth-order valence-electron chi connectivity index (χ4n) is 2.17. The third kappa shape index (κ3) is 3.97. The summed E-state index contributed by atoms with van der Waals surface area (Å²) in [6, 6.07) is 7.95. The van der Waals surface area contributed by atoms with Gasteiger partial charge in [-0.3, -0.25) is 4.79 Å². The van der Waals surface area contributed by atoms with Gasteiger partial charge in [-0.1, -0.05) is 24.6 Å². The number of hydrogen-bond acceptors (Lipinski definition) is 3. The molecule has 0 spiro atoms. The molecule has 1 saturated heterocycles. The van der Waals surface area contributed by atoms with Crippen LogP contribution < -0.4 is 15.4 Å². The van der Waals surface area contributed by atoms with E-state index in [2.05, 4.69) is 10.6 Å². The van der Waals surface area contributed by atoms with Crippen molar-refractivity contribution in [1.29, 1.82) is 0 Å². The van der Waals surface area contributed by atoms with Crippen LogP contribution in [0.5, 0.6) is 5.75 Å². The Labute approximate surface area is 120 Å². The molecule has 2 N–H and O–H groups in total. The lowest BCUT2D eigenvalue weighted by Gasteiger charge is -2.32. The molecule has 2 unspecified atom stereocenters. The van der Waals surface area contributed by atoms with Gasteiger partial charge >= 0.3 is 0 Å². The number of aryl methyl sites for hydroxylation is 1. The summed E-state index contributed by atoms with van der Waals surface area (Å²) in [5.41, 5.74) is 1.21. The molecule has 1 aromatic carbocycles. The van der Waals surface area contributed by atoms with Crippen LogP contribution in [0.1, 0.15) is 19.4 Å². The number of nitrogens with one attached hydrogen (secondary N) is 2. The molecule has 1 fully saturated rings. The summed E-state index contributed by atoms with van der Waals surface area (Å²) in [4.78, 5) is 12.0. The van der Waals surface area contributed by atoms with Gasteiger partial charge in [0, 0.05) is 5.92 Å². The minimum absolute atomic E-state index is 0.0339. The zero-order valence-electron chi connectivity index (χ0n) is 12.5. The largest absolute Gasteiger partial charge is 0.489 e. The average molecular weight is 276 g/mol. The minimum Gasteiger partial charge on any atom is -0.489 e. The Morgan fingerprint density at radius 1 is 1.35 bits per heavy atom. The van der Waals surface area contributed by atoms with Gasteiger partial charge in [-0.25, -0.2) is 0 Å². The zero-order valence-corrected chi connectivity index (χ0v) is 12.5.